The average Bonchev–Trinajstić information content (AvgIpc) is 2.79. The van der Waals surface area contributed by atoms with Crippen LogP contribution in [0.5, 0.6) is 0 Å². The summed E-state index contributed by atoms with van der Waals surface area (Å²) in [5.74, 6) is 1.10. The third-order valence-corrected chi connectivity index (χ3v) is 6.35. The summed E-state index contributed by atoms with van der Waals surface area (Å²) in [6.07, 6.45) is 5.96. The second kappa shape index (κ2) is 7.41. The first-order valence-corrected chi connectivity index (χ1v) is 9.24. The Hall–Kier alpha value is -0.0300. The Labute approximate surface area is 109 Å². The zero-order valence-corrected chi connectivity index (χ0v) is 12.1. The molecular weight excluding hydrogens is 256 g/mol. The molecule has 0 aromatic carbocycles. The highest BCUT2D eigenvalue weighted by Crippen LogP contribution is 2.29. The van der Waals surface area contributed by atoms with Crippen LogP contribution in [0.25, 0.3) is 0 Å². The molecule has 0 amide bonds. The standard InChI is InChI=1S/C12H22O3S2/c1-2-17(14,15)9-5-6-11(13)10-16-12-7-3-4-8-12/h12H,2-10H2,1H3. The molecule has 0 unspecified atom stereocenters. The highest BCUT2D eigenvalue weighted by Gasteiger charge is 2.16. The molecule has 1 aliphatic rings. The van der Waals surface area contributed by atoms with Crippen LogP contribution in [-0.2, 0) is 14.6 Å². The summed E-state index contributed by atoms with van der Waals surface area (Å²) in [6.45, 7) is 1.65. The predicted molar refractivity (Wildman–Crippen MR) is 73.3 cm³/mol. The Kier molecular flexibility index (Phi) is 6.55. The maximum atomic E-state index is 11.6. The molecular formula is C12H22O3S2. The lowest BCUT2D eigenvalue weighted by atomic mass is 10.2. The summed E-state index contributed by atoms with van der Waals surface area (Å²) in [6, 6.07) is 0. The molecule has 3 nitrogen and oxygen atoms in total. The molecule has 0 heterocycles. The second-order valence-electron chi connectivity index (χ2n) is 4.60. The molecule has 100 valence electrons. The summed E-state index contributed by atoms with van der Waals surface area (Å²) >= 11 is 1.76. The summed E-state index contributed by atoms with van der Waals surface area (Å²) in [5, 5.41) is 0.665. The number of rotatable bonds is 8. The third-order valence-electron chi connectivity index (χ3n) is 3.13. The minimum atomic E-state index is -2.90. The summed E-state index contributed by atoms with van der Waals surface area (Å²) in [4.78, 5) is 11.6. The van der Waals surface area contributed by atoms with E-state index in [-0.39, 0.29) is 17.3 Å². The lowest BCUT2D eigenvalue weighted by molar-refractivity contribution is -0.116. The van der Waals surface area contributed by atoms with Crippen molar-refractivity contribution >= 4 is 27.4 Å². The summed E-state index contributed by atoms with van der Waals surface area (Å²) < 4.78 is 22.5. The van der Waals surface area contributed by atoms with Crippen molar-refractivity contribution in [3.63, 3.8) is 0 Å². The SMILES string of the molecule is CCS(=O)(=O)CCCC(=O)CSC1CCCC1. The van der Waals surface area contributed by atoms with Crippen molar-refractivity contribution in [1.82, 2.24) is 0 Å². The molecule has 17 heavy (non-hydrogen) atoms. The molecule has 0 radical (unpaired) electrons. The lowest BCUT2D eigenvalue weighted by Crippen LogP contribution is -2.12. The van der Waals surface area contributed by atoms with E-state index in [2.05, 4.69) is 0 Å². The van der Waals surface area contributed by atoms with Crippen LogP contribution in [0.4, 0.5) is 0 Å². The van der Waals surface area contributed by atoms with Gasteiger partial charge in [0.2, 0.25) is 0 Å². The van der Waals surface area contributed by atoms with Crippen LogP contribution >= 0.6 is 11.8 Å². The number of hydrogen-bond acceptors (Lipinski definition) is 4. The normalized spacial score (nSPS) is 17.5. The van der Waals surface area contributed by atoms with Gasteiger partial charge in [0.25, 0.3) is 0 Å². The molecule has 0 aliphatic heterocycles. The Bertz CT molecular complexity index is 330. The molecule has 0 aromatic rings. The molecule has 1 rings (SSSR count). The minimum Gasteiger partial charge on any atom is -0.299 e. The monoisotopic (exact) mass is 278 g/mol. The van der Waals surface area contributed by atoms with Gasteiger partial charge in [-0.05, 0) is 19.3 Å². The van der Waals surface area contributed by atoms with Gasteiger partial charge in [-0.2, -0.15) is 11.8 Å². The fourth-order valence-electron chi connectivity index (χ4n) is 1.97. The number of carbonyl (C=O) groups is 1. The van der Waals surface area contributed by atoms with Crippen molar-refractivity contribution in [3.8, 4) is 0 Å². The largest absolute Gasteiger partial charge is 0.299 e. The fourth-order valence-corrected chi connectivity index (χ4v) is 4.08. The van der Waals surface area contributed by atoms with Gasteiger partial charge >= 0.3 is 0 Å². The van der Waals surface area contributed by atoms with Crippen molar-refractivity contribution in [2.75, 3.05) is 17.3 Å². The van der Waals surface area contributed by atoms with E-state index in [1.807, 2.05) is 0 Å². The van der Waals surface area contributed by atoms with Gasteiger partial charge in [-0.25, -0.2) is 8.42 Å². The summed E-state index contributed by atoms with van der Waals surface area (Å²) in [7, 11) is -2.90. The molecule has 1 saturated carbocycles. The van der Waals surface area contributed by atoms with Gasteiger partial charge in [-0.3, -0.25) is 4.79 Å². The molecule has 1 aliphatic carbocycles. The van der Waals surface area contributed by atoms with Gasteiger partial charge in [-0.1, -0.05) is 19.8 Å². The number of carbonyl (C=O) groups excluding carboxylic acids is 1. The number of hydrogen-bond donors (Lipinski definition) is 0. The van der Waals surface area contributed by atoms with Gasteiger partial charge < -0.3 is 0 Å². The smallest absolute Gasteiger partial charge is 0.150 e. The number of thioether (sulfide) groups is 1. The summed E-state index contributed by atoms with van der Waals surface area (Å²) in [5.41, 5.74) is 0. The van der Waals surface area contributed by atoms with Crippen LogP contribution in [0.3, 0.4) is 0 Å². The first-order chi connectivity index (χ1) is 8.03. The Morgan fingerprint density at radius 3 is 2.53 bits per heavy atom. The van der Waals surface area contributed by atoms with E-state index in [1.165, 1.54) is 25.7 Å². The number of sulfone groups is 1. The third kappa shape index (κ3) is 6.46. The van der Waals surface area contributed by atoms with E-state index < -0.39 is 9.84 Å². The second-order valence-corrected chi connectivity index (χ2v) is 8.36. The average molecular weight is 278 g/mol. The van der Waals surface area contributed by atoms with Crippen LogP contribution in [0.2, 0.25) is 0 Å². The fraction of sp³-hybridized carbons (Fsp3) is 0.917. The molecule has 0 atom stereocenters. The van der Waals surface area contributed by atoms with Crippen molar-refractivity contribution in [1.29, 1.82) is 0 Å². The molecule has 0 aromatic heterocycles. The van der Waals surface area contributed by atoms with E-state index in [4.69, 9.17) is 0 Å². The minimum absolute atomic E-state index is 0.156. The number of Topliss-reactive ketones (excluding diaryl/α,β-unsaturated/α-hetero) is 1. The highest BCUT2D eigenvalue weighted by molar-refractivity contribution is 8.00. The highest BCUT2D eigenvalue weighted by atomic mass is 32.2. The zero-order valence-electron chi connectivity index (χ0n) is 10.5. The van der Waals surface area contributed by atoms with Crippen molar-refractivity contribution in [2.24, 2.45) is 0 Å². The first-order valence-electron chi connectivity index (χ1n) is 6.37. The quantitative estimate of drug-likeness (QED) is 0.684. The molecule has 0 N–H and O–H groups in total. The van der Waals surface area contributed by atoms with Crippen LogP contribution < -0.4 is 0 Å². The van der Waals surface area contributed by atoms with Crippen molar-refractivity contribution < 1.29 is 13.2 Å². The maximum Gasteiger partial charge on any atom is 0.150 e. The van der Waals surface area contributed by atoms with E-state index in [1.54, 1.807) is 18.7 Å². The maximum absolute atomic E-state index is 11.6. The van der Waals surface area contributed by atoms with E-state index in [0.717, 1.165) is 0 Å². The topological polar surface area (TPSA) is 51.2 Å². The van der Waals surface area contributed by atoms with Crippen LogP contribution in [0.1, 0.15) is 45.4 Å². The lowest BCUT2D eigenvalue weighted by Gasteiger charge is -2.07. The van der Waals surface area contributed by atoms with Gasteiger partial charge in [-0.15, -0.1) is 0 Å². The van der Waals surface area contributed by atoms with Crippen molar-refractivity contribution in [3.05, 3.63) is 0 Å². The molecule has 0 saturated heterocycles. The van der Waals surface area contributed by atoms with Crippen LogP contribution in [-0.4, -0.2) is 36.7 Å². The van der Waals surface area contributed by atoms with Gasteiger partial charge in [0.1, 0.15) is 15.6 Å². The molecule has 0 bridgehead atoms. The first kappa shape index (κ1) is 15.0. The zero-order chi connectivity index (χ0) is 12.7. The molecule has 5 heteroatoms. The van der Waals surface area contributed by atoms with Crippen LogP contribution in [0.15, 0.2) is 0 Å². The Balaban J connectivity index is 2.08. The Morgan fingerprint density at radius 1 is 1.29 bits per heavy atom. The van der Waals surface area contributed by atoms with Gasteiger partial charge in [0, 0.05) is 17.4 Å². The van der Waals surface area contributed by atoms with E-state index in [9.17, 15) is 13.2 Å². The van der Waals surface area contributed by atoms with Crippen molar-refractivity contribution in [2.45, 2.75) is 50.7 Å². The molecule has 0 spiro atoms. The van der Waals surface area contributed by atoms with Gasteiger partial charge in [0.05, 0.1) is 11.5 Å². The number of ketones is 1. The van der Waals surface area contributed by atoms with Crippen LogP contribution in [0, 0.1) is 0 Å². The van der Waals surface area contributed by atoms with E-state index in [0.29, 0.717) is 23.8 Å². The van der Waals surface area contributed by atoms with Gasteiger partial charge in [0.15, 0.2) is 0 Å². The van der Waals surface area contributed by atoms with E-state index >= 15 is 0 Å². The molecule has 1 fully saturated rings. The predicted octanol–water partition coefficient (Wildman–Crippen LogP) is 2.45. The Morgan fingerprint density at radius 2 is 1.94 bits per heavy atom.